The number of nitrogens with zero attached hydrogens (tertiary/aromatic N) is 6. The highest BCUT2D eigenvalue weighted by atomic mass is 16.5. The van der Waals surface area contributed by atoms with Gasteiger partial charge in [-0.25, -0.2) is 4.98 Å². The normalized spacial score (nSPS) is 12.0. The molecule has 0 aliphatic rings. The number of fused-ring (bicyclic) bond motifs is 12. The first-order valence-electron chi connectivity index (χ1n) is 26.9. The van der Waals surface area contributed by atoms with Crippen LogP contribution < -0.4 is 9.30 Å². The fourth-order valence-electron chi connectivity index (χ4n) is 12.1. The van der Waals surface area contributed by atoms with Gasteiger partial charge in [0.25, 0.3) is 6.33 Å². The standard InChI is InChI=1S/C72H52N6O/c1-72(2,3)50-40-41-73-64(44-50)78-63-46-55(79-54-31-20-30-53(45-54)74-42-43-75(47-74)68-56(48-22-8-4-9-23-48)34-21-35-57(68)49-24-10-5-11-25-49)38-39-60(63)67-70-65(58-32-16-18-36-61(58)77(70)52-28-14-7-15-29-52)69-66(71(67)78)59-33-17-19-37-62(59)76(69)51-26-12-6-13-27-51/h4-46H,1-3H3. The summed E-state index contributed by atoms with van der Waals surface area (Å²) in [6.07, 6.45) is 9.79. The van der Waals surface area contributed by atoms with Gasteiger partial charge in [-0.2, -0.15) is 0 Å². The minimum Gasteiger partial charge on any atom is -0.458 e. The van der Waals surface area contributed by atoms with Gasteiger partial charge in [-0.15, -0.1) is 0 Å². The third-order valence-electron chi connectivity index (χ3n) is 15.6. The lowest BCUT2D eigenvalue weighted by molar-refractivity contribution is -0.599. The molecule has 5 heterocycles. The molecule has 79 heavy (non-hydrogen) atoms. The van der Waals surface area contributed by atoms with E-state index >= 15 is 0 Å². The van der Waals surface area contributed by atoms with E-state index in [1.54, 1.807) is 0 Å². The number of rotatable bonds is 9. The van der Waals surface area contributed by atoms with Crippen LogP contribution in [0.25, 0.3) is 116 Å². The molecule has 15 aromatic rings. The Bertz CT molecular complexity index is 4770. The number of para-hydroxylation sites is 5. The smallest absolute Gasteiger partial charge is 0.268 e. The summed E-state index contributed by atoms with van der Waals surface area (Å²) in [6.45, 7) is 6.80. The van der Waals surface area contributed by atoms with Crippen LogP contribution >= 0.6 is 0 Å². The van der Waals surface area contributed by atoms with Gasteiger partial charge in [0, 0.05) is 68.3 Å². The number of aromatic nitrogens is 6. The Labute approximate surface area is 457 Å². The van der Waals surface area contributed by atoms with Crippen molar-refractivity contribution in [1.82, 2.24) is 23.3 Å². The summed E-state index contributed by atoms with van der Waals surface area (Å²) in [5.74, 6) is 2.25. The molecule has 376 valence electrons. The predicted octanol–water partition coefficient (Wildman–Crippen LogP) is 17.7. The Kier molecular flexibility index (Phi) is 10.6. The molecule has 0 fully saturated rings. The topological polar surface area (TPSA) is 45.7 Å². The van der Waals surface area contributed by atoms with Crippen molar-refractivity contribution in [2.75, 3.05) is 0 Å². The summed E-state index contributed by atoms with van der Waals surface area (Å²) in [6, 6.07) is 86.3. The molecule has 0 aliphatic heterocycles. The second-order valence-corrected chi connectivity index (χ2v) is 21.4. The maximum Gasteiger partial charge on any atom is 0.268 e. The van der Waals surface area contributed by atoms with Gasteiger partial charge in [-0.05, 0) is 112 Å². The SMILES string of the molecule is CC(C)(C)c1ccnc(-n2c3cc(Oc4cccc(-[n+]5[c-]n(-c6c(-c7ccccc7)cccc6-c6ccccc6)cc5)c4)ccc3c3c4c(c5ccccc5n4-c4ccccc4)c4c(c5ccccc5n4-c4ccccc4)c32)c1. The lowest BCUT2D eigenvalue weighted by Crippen LogP contribution is -2.28. The third-order valence-corrected chi connectivity index (χ3v) is 15.6. The minimum atomic E-state index is -0.132. The van der Waals surface area contributed by atoms with E-state index in [4.69, 9.17) is 9.72 Å². The van der Waals surface area contributed by atoms with Crippen LogP contribution in [0.5, 0.6) is 11.5 Å². The molecule has 0 radical (unpaired) electrons. The minimum absolute atomic E-state index is 0.132. The van der Waals surface area contributed by atoms with Crippen LogP contribution in [0.4, 0.5) is 0 Å². The van der Waals surface area contributed by atoms with Crippen LogP contribution in [0.1, 0.15) is 26.3 Å². The molecule has 5 aromatic heterocycles. The van der Waals surface area contributed by atoms with Crippen LogP contribution in [0, 0.1) is 6.33 Å². The van der Waals surface area contributed by atoms with E-state index in [1.807, 2.05) is 22.9 Å². The number of hydrogen-bond donors (Lipinski definition) is 0. The molecule has 0 bridgehead atoms. The molecular formula is C72H52N6O. The molecule has 7 heteroatoms. The molecule has 0 N–H and O–H groups in total. The molecule has 0 atom stereocenters. The van der Waals surface area contributed by atoms with Crippen LogP contribution in [-0.2, 0) is 5.41 Å². The third kappa shape index (κ3) is 7.49. The molecule has 10 aromatic carbocycles. The zero-order valence-electron chi connectivity index (χ0n) is 43.9. The Morgan fingerprint density at radius 2 is 0.949 bits per heavy atom. The van der Waals surface area contributed by atoms with Crippen molar-refractivity contribution in [2.24, 2.45) is 0 Å². The highest BCUT2D eigenvalue weighted by Gasteiger charge is 2.30. The summed E-state index contributed by atoms with van der Waals surface area (Å²) < 4.78 is 18.5. The van der Waals surface area contributed by atoms with E-state index in [9.17, 15) is 0 Å². The zero-order chi connectivity index (χ0) is 52.8. The molecule has 15 rings (SSSR count). The van der Waals surface area contributed by atoms with Gasteiger partial charge >= 0.3 is 0 Å². The number of pyridine rings is 1. The summed E-state index contributed by atoms with van der Waals surface area (Å²) in [5, 5.41) is 6.94. The van der Waals surface area contributed by atoms with Gasteiger partial charge in [0.05, 0.1) is 44.5 Å². The van der Waals surface area contributed by atoms with Gasteiger partial charge in [-0.1, -0.05) is 178 Å². The van der Waals surface area contributed by atoms with Crippen LogP contribution in [0.15, 0.2) is 261 Å². The van der Waals surface area contributed by atoms with E-state index < -0.39 is 0 Å². The van der Waals surface area contributed by atoms with E-state index in [2.05, 4.69) is 288 Å². The predicted molar refractivity (Wildman–Crippen MR) is 323 cm³/mol. The molecule has 0 aliphatic carbocycles. The Morgan fingerprint density at radius 3 is 1.53 bits per heavy atom. The molecule has 0 unspecified atom stereocenters. The first kappa shape index (κ1) is 46.1. The zero-order valence-corrected chi connectivity index (χ0v) is 43.9. The average molecular weight is 1020 g/mol. The van der Waals surface area contributed by atoms with Crippen LogP contribution in [0.2, 0.25) is 0 Å². The molecule has 0 amide bonds. The molecule has 0 spiro atoms. The van der Waals surface area contributed by atoms with Gasteiger partial charge in [-0.3, -0.25) is 13.7 Å². The summed E-state index contributed by atoms with van der Waals surface area (Å²) in [5.41, 5.74) is 16.4. The fraction of sp³-hybridized carbons (Fsp3) is 0.0556. The fourth-order valence-corrected chi connectivity index (χ4v) is 12.1. The van der Waals surface area contributed by atoms with Gasteiger partial charge in [0.1, 0.15) is 17.3 Å². The first-order chi connectivity index (χ1) is 38.9. The van der Waals surface area contributed by atoms with Crippen molar-refractivity contribution < 1.29 is 9.30 Å². The highest BCUT2D eigenvalue weighted by molar-refractivity contribution is 6.40. The summed E-state index contributed by atoms with van der Waals surface area (Å²) in [7, 11) is 0. The monoisotopic (exact) mass is 1020 g/mol. The molecule has 0 saturated heterocycles. The lowest BCUT2D eigenvalue weighted by atomic mass is 9.88. The van der Waals surface area contributed by atoms with Crippen molar-refractivity contribution in [3.05, 3.63) is 273 Å². The van der Waals surface area contributed by atoms with Crippen molar-refractivity contribution in [2.45, 2.75) is 26.2 Å². The number of imidazole rings is 1. The Balaban J connectivity index is 0.966. The Hall–Kier alpha value is -10.2. The van der Waals surface area contributed by atoms with Gasteiger partial charge in [0.2, 0.25) is 0 Å². The highest BCUT2D eigenvalue weighted by Crippen LogP contribution is 2.51. The maximum atomic E-state index is 7.03. The van der Waals surface area contributed by atoms with E-state index in [-0.39, 0.29) is 5.41 Å². The van der Waals surface area contributed by atoms with Crippen LogP contribution in [0.3, 0.4) is 0 Å². The largest absolute Gasteiger partial charge is 0.458 e. The van der Waals surface area contributed by atoms with E-state index in [1.165, 1.54) is 16.3 Å². The van der Waals surface area contributed by atoms with Gasteiger partial charge < -0.3 is 13.9 Å². The lowest BCUT2D eigenvalue weighted by Gasteiger charge is -2.20. The molecule has 7 nitrogen and oxygen atoms in total. The van der Waals surface area contributed by atoms with Crippen molar-refractivity contribution in [3.8, 4) is 62.3 Å². The van der Waals surface area contributed by atoms with Crippen molar-refractivity contribution >= 4 is 65.4 Å². The van der Waals surface area contributed by atoms with E-state index in [0.29, 0.717) is 11.5 Å². The van der Waals surface area contributed by atoms with E-state index in [0.717, 1.165) is 105 Å². The quantitative estimate of drug-likeness (QED) is 0.107. The first-order valence-corrected chi connectivity index (χ1v) is 26.9. The second kappa shape index (κ2) is 18.2. The van der Waals surface area contributed by atoms with Gasteiger partial charge in [0.15, 0.2) is 0 Å². The molecular weight excluding hydrogens is 965 g/mol. The number of benzene rings is 10. The summed E-state index contributed by atoms with van der Waals surface area (Å²) in [4.78, 5) is 5.28. The summed E-state index contributed by atoms with van der Waals surface area (Å²) >= 11 is 0. The number of ether oxygens (including phenoxy) is 1. The van der Waals surface area contributed by atoms with Crippen molar-refractivity contribution in [3.63, 3.8) is 0 Å². The van der Waals surface area contributed by atoms with Crippen molar-refractivity contribution in [1.29, 1.82) is 0 Å². The average Bonchev–Trinajstić information content (AvgIpc) is 3.10. The maximum absolute atomic E-state index is 7.03. The Morgan fingerprint density at radius 1 is 0.443 bits per heavy atom. The second-order valence-electron chi connectivity index (χ2n) is 21.4. The molecule has 0 saturated carbocycles. The number of hydrogen-bond acceptors (Lipinski definition) is 2. The van der Waals surface area contributed by atoms with Crippen LogP contribution in [-0.4, -0.2) is 23.3 Å².